The number of hydrogen-bond donors (Lipinski definition) is 0. The number of alkyl halides is 3. The Labute approximate surface area is 193 Å². The maximum absolute atomic E-state index is 13.2. The molecule has 1 aliphatic heterocycles. The van der Waals surface area contributed by atoms with Gasteiger partial charge in [-0.25, -0.2) is 0 Å². The van der Waals surface area contributed by atoms with Crippen molar-refractivity contribution in [1.29, 1.82) is 0 Å². The number of thiophene rings is 1. The van der Waals surface area contributed by atoms with E-state index in [0.29, 0.717) is 12.0 Å². The van der Waals surface area contributed by atoms with Crippen molar-refractivity contribution >= 4 is 44.7 Å². The molecule has 1 aromatic heterocycles. The molecular formula is C27H20F3NOS. The zero-order chi connectivity index (χ0) is 23.2. The van der Waals surface area contributed by atoms with Crippen LogP contribution in [0.3, 0.4) is 0 Å². The average Bonchev–Trinajstić information content (AvgIpc) is 3.17. The fourth-order valence-electron chi connectivity index (χ4n) is 4.39. The van der Waals surface area contributed by atoms with Gasteiger partial charge in [-0.05, 0) is 48.9 Å². The first-order valence-corrected chi connectivity index (χ1v) is 11.4. The van der Waals surface area contributed by atoms with E-state index < -0.39 is 11.7 Å². The van der Waals surface area contributed by atoms with E-state index in [-0.39, 0.29) is 11.8 Å². The fourth-order valence-corrected chi connectivity index (χ4v) is 5.66. The molecule has 1 unspecified atom stereocenters. The minimum Gasteiger partial charge on any atom is -0.332 e. The molecule has 0 aliphatic carbocycles. The molecular weight excluding hydrogens is 443 g/mol. The Balaban J connectivity index is 1.75. The summed E-state index contributed by atoms with van der Waals surface area (Å²) in [5.41, 5.74) is 2.68. The first-order valence-electron chi connectivity index (χ1n) is 10.6. The minimum atomic E-state index is -4.40. The van der Waals surface area contributed by atoms with Crippen molar-refractivity contribution in [2.24, 2.45) is 0 Å². The third kappa shape index (κ3) is 3.95. The Morgan fingerprint density at radius 2 is 1.61 bits per heavy atom. The summed E-state index contributed by atoms with van der Waals surface area (Å²) in [7, 11) is 0. The van der Waals surface area contributed by atoms with E-state index in [1.54, 1.807) is 18.3 Å². The molecule has 0 amide bonds. The normalized spacial score (nSPS) is 15.9. The number of halogens is 3. The molecule has 0 saturated carbocycles. The van der Waals surface area contributed by atoms with Crippen molar-refractivity contribution in [3.05, 3.63) is 100 Å². The van der Waals surface area contributed by atoms with Crippen molar-refractivity contribution in [2.45, 2.75) is 25.6 Å². The van der Waals surface area contributed by atoms with Gasteiger partial charge in [0.15, 0.2) is 0 Å². The first kappa shape index (κ1) is 21.5. The lowest BCUT2D eigenvalue weighted by Crippen LogP contribution is -2.31. The molecule has 3 aromatic carbocycles. The van der Waals surface area contributed by atoms with Gasteiger partial charge in [-0.15, -0.1) is 11.3 Å². The predicted molar refractivity (Wildman–Crippen MR) is 128 cm³/mol. The van der Waals surface area contributed by atoms with Gasteiger partial charge >= 0.3 is 6.18 Å². The molecule has 0 radical (unpaired) electrons. The number of benzene rings is 3. The topological polar surface area (TPSA) is 20.3 Å². The highest BCUT2D eigenvalue weighted by atomic mass is 32.1. The van der Waals surface area contributed by atoms with Crippen LogP contribution in [-0.4, -0.2) is 5.78 Å². The lowest BCUT2D eigenvalue weighted by atomic mass is 9.93. The third-order valence-corrected chi connectivity index (χ3v) is 7.13. The molecule has 166 valence electrons. The second kappa shape index (κ2) is 8.19. The zero-order valence-corrected chi connectivity index (χ0v) is 18.6. The number of para-hydroxylation sites is 1. The maximum Gasteiger partial charge on any atom is 0.416 e. The summed E-state index contributed by atoms with van der Waals surface area (Å²) in [6, 6.07) is 22.7. The van der Waals surface area contributed by atoms with E-state index in [2.05, 4.69) is 17.0 Å². The summed E-state index contributed by atoms with van der Waals surface area (Å²) in [5, 5.41) is 1.09. The molecule has 0 saturated heterocycles. The largest absolute Gasteiger partial charge is 0.416 e. The molecule has 33 heavy (non-hydrogen) atoms. The van der Waals surface area contributed by atoms with Gasteiger partial charge in [0, 0.05) is 38.3 Å². The number of anilines is 1. The van der Waals surface area contributed by atoms with Gasteiger partial charge < -0.3 is 4.90 Å². The molecule has 4 aromatic rings. The highest BCUT2D eigenvalue weighted by Crippen LogP contribution is 2.49. The van der Waals surface area contributed by atoms with Crippen molar-refractivity contribution < 1.29 is 18.0 Å². The lowest BCUT2D eigenvalue weighted by molar-refractivity contribution is -0.137. The van der Waals surface area contributed by atoms with Crippen LogP contribution in [0.4, 0.5) is 18.9 Å². The summed E-state index contributed by atoms with van der Waals surface area (Å²) in [4.78, 5) is 15.5. The number of fused-ring (bicyclic) bond motifs is 3. The second-order valence-electron chi connectivity index (χ2n) is 8.11. The SMILES string of the molecule is CC(=O)CC1c2sc3ccccc3c2C=C(c2ccc(C(F)(F)F)cc2)N1c1ccccc1. The van der Waals surface area contributed by atoms with Crippen LogP contribution in [0.5, 0.6) is 0 Å². The predicted octanol–water partition coefficient (Wildman–Crippen LogP) is 7.96. The molecule has 0 N–H and O–H groups in total. The van der Waals surface area contributed by atoms with E-state index in [1.807, 2.05) is 48.5 Å². The van der Waals surface area contributed by atoms with Crippen LogP contribution in [0.1, 0.15) is 41.0 Å². The van der Waals surface area contributed by atoms with Gasteiger partial charge in [0.05, 0.1) is 11.6 Å². The van der Waals surface area contributed by atoms with Crippen molar-refractivity contribution in [1.82, 2.24) is 0 Å². The van der Waals surface area contributed by atoms with Crippen LogP contribution in [0.2, 0.25) is 0 Å². The molecule has 1 atom stereocenters. The average molecular weight is 464 g/mol. The molecule has 6 heteroatoms. The van der Waals surface area contributed by atoms with Crippen LogP contribution in [-0.2, 0) is 11.0 Å². The van der Waals surface area contributed by atoms with Crippen LogP contribution in [0.15, 0.2) is 78.9 Å². The number of ketones is 1. The number of hydrogen-bond acceptors (Lipinski definition) is 3. The molecule has 5 rings (SSSR count). The number of rotatable bonds is 4. The summed E-state index contributed by atoms with van der Waals surface area (Å²) in [6.07, 6.45) is -2.06. The van der Waals surface area contributed by atoms with Gasteiger partial charge in [-0.2, -0.15) is 13.2 Å². The van der Waals surface area contributed by atoms with Crippen LogP contribution in [0, 0.1) is 0 Å². The van der Waals surface area contributed by atoms with Gasteiger partial charge in [0.1, 0.15) is 5.78 Å². The van der Waals surface area contributed by atoms with Crippen molar-refractivity contribution in [2.75, 3.05) is 4.90 Å². The van der Waals surface area contributed by atoms with E-state index in [4.69, 9.17) is 0 Å². The molecule has 1 aliphatic rings. The van der Waals surface area contributed by atoms with E-state index in [1.165, 1.54) is 12.1 Å². The fraction of sp³-hybridized carbons (Fsp3) is 0.148. The first-order chi connectivity index (χ1) is 15.8. The molecule has 0 bridgehead atoms. The van der Waals surface area contributed by atoms with Gasteiger partial charge in [0.2, 0.25) is 0 Å². The Bertz CT molecular complexity index is 1350. The zero-order valence-electron chi connectivity index (χ0n) is 17.8. The summed E-state index contributed by atoms with van der Waals surface area (Å²) in [6.45, 7) is 1.58. The monoisotopic (exact) mass is 463 g/mol. The Morgan fingerprint density at radius 1 is 0.939 bits per heavy atom. The van der Waals surface area contributed by atoms with Crippen LogP contribution in [0.25, 0.3) is 21.9 Å². The minimum absolute atomic E-state index is 0.0537. The van der Waals surface area contributed by atoms with Gasteiger partial charge in [-0.1, -0.05) is 48.5 Å². The Hall–Kier alpha value is -3.38. The Morgan fingerprint density at radius 3 is 2.27 bits per heavy atom. The standard InChI is InChI=1S/C27H20F3NOS/c1-17(32)15-24-26-22(21-9-5-6-10-25(21)33-26)16-23(31(24)20-7-3-2-4-8-20)18-11-13-19(14-12-18)27(28,29)30/h2-14,16,24H,15H2,1H3. The van der Waals surface area contributed by atoms with Gasteiger partial charge in [0.25, 0.3) is 0 Å². The van der Waals surface area contributed by atoms with Crippen molar-refractivity contribution in [3.63, 3.8) is 0 Å². The summed E-state index contributed by atoms with van der Waals surface area (Å²) in [5.74, 6) is 0.0537. The molecule has 2 heterocycles. The second-order valence-corrected chi connectivity index (χ2v) is 9.19. The van der Waals surface area contributed by atoms with Crippen LogP contribution < -0.4 is 4.90 Å². The number of Topliss-reactive ketones (excluding diaryl/α,β-unsaturated/α-hetero) is 1. The smallest absolute Gasteiger partial charge is 0.332 e. The van der Waals surface area contributed by atoms with E-state index in [0.717, 1.165) is 44.0 Å². The quantitative estimate of drug-likeness (QED) is 0.306. The number of carbonyl (C=O) groups is 1. The van der Waals surface area contributed by atoms with E-state index >= 15 is 0 Å². The maximum atomic E-state index is 13.2. The third-order valence-electron chi connectivity index (χ3n) is 5.84. The Kier molecular flexibility index (Phi) is 5.33. The number of carbonyl (C=O) groups excluding carboxylic acids is 1. The summed E-state index contributed by atoms with van der Waals surface area (Å²) < 4.78 is 40.7. The highest BCUT2D eigenvalue weighted by Gasteiger charge is 2.35. The van der Waals surface area contributed by atoms with Gasteiger partial charge in [-0.3, -0.25) is 4.79 Å². The molecule has 0 fully saturated rings. The lowest BCUT2D eigenvalue weighted by Gasteiger charge is -2.38. The number of nitrogens with zero attached hydrogens (tertiary/aromatic N) is 1. The van der Waals surface area contributed by atoms with E-state index in [9.17, 15) is 18.0 Å². The highest BCUT2D eigenvalue weighted by molar-refractivity contribution is 7.19. The molecule has 0 spiro atoms. The van der Waals surface area contributed by atoms with Crippen LogP contribution >= 0.6 is 11.3 Å². The van der Waals surface area contributed by atoms with Crippen molar-refractivity contribution in [3.8, 4) is 0 Å². The molecule has 2 nitrogen and oxygen atoms in total. The summed E-state index contributed by atoms with van der Waals surface area (Å²) >= 11 is 1.66.